The number of aromatic nitrogens is 1. The molecule has 0 unspecified atom stereocenters. The van der Waals surface area contributed by atoms with Gasteiger partial charge in [0.25, 0.3) is 0 Å². The second kappa shape index (κ2) is 8.29. The Balaban J connectivity index is 2.01. The van der Waals surface area contributed by atoms with Crippen molar-refractivity contribution in [1.82, 2.24) is 20.1 Å². The maximum absolute atomic E-state index is 12.7. The first-order valence-electron chi connectivity index (χ1n) is 8.89. The Morgan fingerprint density at radius 1 is 1.12 bits per heavy atom. The maximum Gasteiger partial charge on any atom is 0.317 e. The Morgan fingerprint density at radius 2 is 1.76 bits per heavy atom. The number of rotatable bonds is 6. The number of carbonyl (C=O) groups excluding carboxylic acids is 3. The minimum absolute atomic E-state index is 0.00101. The lowest BCUT2D eigenvalue weighted by atomic mass is 10.0. The Bertz CT molecular complexity index is 658. The SMILES string of the molecule is CCNC(=O)N1CCN(CC(=O)c2[nH]c(C)c(C(C)=O)c2CC)CC1. The van der Waals surface area contributed by atoms with Crippen molar-refractivity contribution in [2.45, 2.75) is 34.1 Å². The first-order chi connectivity index (χ1) is 11.9. The average Bonchev–Trinajstić information content (AvgIpc) is 2.92. The molecule has 7 nitrogen and oxygen atoms in total. The molecule has 1 aliphatic rings. The van der Waals surface area contributed by atoms with Crippen LogP contribution in [-0.4, -0.2) is 71.6 Å². The van der Waals surface area contributed by atoms with Crippen molar-refractivity contribution in [3.05, 3.63) is 22.5 Å². The molecule has 1 aromatic rings. The Kier molecular flexibility index (Phi) is 6.36. The number of amides is 2. The molecule has 1 fully saturated rings. The quantitative estimate of drug-likeness (QED) is 0.765. The summed E-state index contributed by atoms with van der Waals surface area (Å²) in [5.74, 6) is -0.0147. The van der Waals surface area contributed by atoms with Gasteiger partial charge in [0, 0.05) is 44.0 Å². The molecule has 2 heterocycles. The van der Waals surface area contributed by atoms with Gasteiger partial charge >= 0.3 is 6.03 Å². The number of hydrogen-bond acceptors (Lipinski definition) is 4. The van der Waals surface area contributed by atoms with Crippen molar-refractivity contribution in [3.63, 3.8) is 0 Å². The number of carbonyl (C=O) groups is 3. The predicted molar refractivity (Wildman–Crippen MR) is 96.3 cm³/mol. The normalized spacial score (nSPS) is 15.3. The molecule has 0 aliphatic carbocycles. The van der Waals surface area contributed by atoms with Crippen LogP contribution in [0.25, 0.3) is 0 Å². The summed E-state index contributed by atoms with van der Waals surface area (Å²) in [5.41, 5.74) is 2.77. The Labute approximate surface area is 148 Å². The van der Waals surface area contributed by atoms with Crippen molar-refractivity contribution < 1.29 is 14.4 Å². The van der Waals surface area contributed by atoms with E-state index in [0.29, 0.717) is 56.9 Å². The zero-order valence-electron chi connectivity index (χ0n) is 15.6. The van der Waals surface area contributed by atoms with E-state index in [0.717, 1.165) is 11.3 Å². The fourth-order valence-electron chi connectivity index (χ4n) is 3.40. The third kappa shape index (κ3) is 4.28. The van der Waals surface area contributed by atoms with Gasteiger partial charge in [-0.1, -0.05) is 6.92 Å². The number of nitrogens with zero attached hydrogens (tertiary/aromatic N) is 2. The third-order valence-corrected chi connectivity index (χ3v) is 4.63. The first-order valence-corrected chi connectivity index (χ1v) is 8.89. The first kappa shape index (κ1) is 19.2. The van der Waals surface area contributed by atoms with Crippen molar-refractivity contribution >= 4 is 17.6 Å². The summed E-state index contributed by atoms with van der Waals surface area (Å²) in [6.07, 6.45) is 0.644. The molecule has 0 bridgehead atoms. The molecule has 2 N–H and O–H groups in total. The second-order valence-electron chi connectivity index (χ2n) is 6.41. The highest BCUT2D eigenvalue weighted by Crippen LogP contribution is 2.21. The molecule has 0 aromatic carbocycles. The lowest BCUT2D eigenvalue weighted by Crippen LogP contribution is -2.52. The summed E-state index contributed by atoms with van der Waals surface area (Å²) in [6, 6.07) is -0.0483. The summed E-state index contributed by atoms with van der Waals surface area (Å²) in [4.78, 5) is 43.3. The highest BCUT2D eigenvalue weighted by molar-refractivity contribution is 6.04. The lowest BCUT2D eigenvalue weighted by Gasteiger charge is -2.34. The van der Waals surface area contributed by atoms with E-state index in [1.165, 1.54) is 6.92 Å². The summed E-state index contributed by atoms with van der Waals surface area (Å²) in [5, 5.41) is 2.80. The third-order valence-electron chi connectivity index (χ3n) is 4.63. The molecule has 0 saturated carbocycles. The highest BCUT2D eigenvalue weighted by atomic mass is 16.2. The zero-order chi connectivity index (χ0) is 18.6. The number of piperazine rings is 1. The Morgan fingerprint density at radius 3 is 2.28 bits per heavy atom. The van der Waals surface area contributed by atoms with Gasteiger partial charge in [-0.05, 0) is 32.8 Å². The predicted octanol–water partition coefficient (Wildman–Crippen LogP) is 1.62. The second-order valence-corrected chi connectivity index (χ2v) is 6.41. The van der Waals surface area contributed by atoms with Gasteiger partial charge in [0.2, 0.25) is 0 Å². The van der Waals surface area contributed by atoms with Crippen molar-refractivity contribution in [1.29, 1.82) is 0 Å². The van der Waals surface area contributed by atoms with Crippen molar-refractivity contribution in [2.75, 3.05) is 39.3 Å². The van der Waals surface area contributed by atoms with E-state index < -0.39 is 0 Å². The fourth-order valence-corrected chi connectivity index (χ4v) is 3.40. The lowest BCUT2D eigenvalue weighted by molar-refractivity contribution is 0.0873. The molecule has 1 saturated heterocycles. The monoisotopic (exact) mass is 348 g/mol. The van der Waals surface area contributed by atoms with E-state index in [1.807, 2.05) is 20.8 Å². The topological polar surface area (TPSA) is 85.5 Å². The van der Waals surface area contributed by atoms with Gasteiger partial charge in [0.05, 0.1) is 12.2 Å². The van der Waals surface area contributed by atoms with E-state index in [-0.39, 0.29) is 17.6 Å². The molecular formula is C18H28N4O3. The summed E-state index contributed by atoms with van der Waals surface area (Å²) in [7, 11) is 0. The van der Waals surface area contributed by atoms with Crippen LogP contribution >= 0.6 is 0 Å². The number of aryl methyl sites for hydroxylation is 1. The smallest absolute Gasteiger partial charge is 0.317 e. The van der Waals surface area contributed by atoms with Gasteiger partial charge in [-0.25, -0.2) is 4.79 Å². The number of ketones is 2. The van der Waals surface area contributed by atoms with E-state index in [2.05, 4.69) is 15.2 Å². The molecule has 0 radical (unpaired) electrons. The molecule has 1 aliphatic heterocycles. The zero-order valence-corrected chi connectivity index (χ0v) is 15.6. The van der Waals surface area contributed by atoms with Gasteiger partial charge in [-0.3, -0.25) is 14.5 Å². The van der Waals surface area contributed by atoms with Crippen LogP contribution in [0.1, 0.15) is 52.9 Å². The van der Waals surface area contributed by atoms with Crippen LogP contribution in [0.2, 0.25) is 0 Å². The van der Waals surface area contributed by atoms with Crippen LogP contribution in [-0.2, 0) is 6.42 Å². The van der Waals surface area contributed by atoms with Crippen LogP contribution in [0, 0.1) is 6.92 Å². The molecule has 138 valence electrons. The largest absolute Gasteiger partial charge is 0.355 e. The molecule has 1 aromatic heterocycles. The molecule has 0 atom stereocenters. The van der Waals surface area contributed by atoms with Crippen LogP contribution < -0.4 is 5.32 Å². The van der Waals surface area contributed by atoms with Crippen molar-refractivity contribution in [2.24, 2.45) is 0 Å². The van der Waals surface area contributed by atoms with Gasteiger partial charge in [0.15, 0.2) is 11.6 Å². The van der Waals surface area contributed by atoms with Crippen molar-refractivity contribution in [3.8, 4) is 0 Å². The van der Waals surface area contributed by atoms with Gasteiger partial charge in [0.1, 0.15) is 0 Å². The summed E-state index contributed by atoms with van der Waals surface area (Å²) >= 11 is 0. The number of Topliss-reactive ketones (excluding diaryl/α,β-unsaturated/α-hetero) is 2. The van der Waals surface area contributed by atoms with E-state index >= 15 is 0 Å². The number of hydrogen-bond donors (Lipinski definition) is 2. The van der Waals surface area contributed by atoms with E-state index in [1.54, 1.807) is 4.90 Å². The standard InChI is InChI=1S/C18H28N4O3/c1-5-14-16(13(4)23)12(3)20-17(14)15(24)11-21-7-9-22(10-8-21)18(25)19-6-2/h20H,5-11H2,1-4H3,(H,19,25). The average molecular weight is 348 g/mol. The fraction of sp³-hybridized carbons (Fsp3) is 0.611. The molecule has 25 heavy (non-hydrogen) atoms. The van der Waals surface area contributed by atoms with Gasteiger partial charge in [-0.15, -0.1) is 0 Å². The minimum Gasteiger partial charge on any atom is -0.355 e. The van der Waals surface area contributed by atoms with Crippen LogP contribution in [0.5, 0.6) is 0 Å². The molecule has 7 heteroatoms. The van der Waals surface area contributed by atoms with Gasteiger partial charge < -0.3 is 15.2 Å². The number of urea groups is 1. The van der Waals surface area contributed by atoms with E-state index in [9.17, 15) is 14.4 Å². The molecule has 2 rings (SSSR count). The minimum atomic E-state index is -0.0483. The molecule has 0 spiro atoms. The molecular weight excluding hydrogens is 320 g/mol. The summed E-state index contributed by atoms with van der Waals surface area (Å²) in [6.45, 7) is 10.7. The number of nitrogens with one attached hydrogen (secondary N) is 2. The van der Waals surface area contributed by atoms with Crippen LogP contribution in [0.4, 0.5) is 4.79 Å². The van der Waals surface area contributed by atoms with Crippen LogP contribution in [0.15, 0.2) is 0 Å². The molecule has 2 amide bonds. The number of H-pyrrole nitrogens is 1. The van der Waals surface area contributed by atoms with Gasteiger partial charge in [-0.2, -0.15) is 0 Å². The van der Waals surface area contributed by atoms with Crippen LogP contribution in [0.3, 0.4) is 0 Å². The number of aromatic amines is 1. The summed E-state index contributed by atoms with van der Waals surface area (Å²) < 4.78 is 0. The Hall–Kier alpha value is -2.15. The maximum atomic E-state index is 12.7. The van der Waals surface area contributed by atoms with E-state index in [4.69, 9.17) is 0 Å². The highest BCUT2D eigenvalue weighted by Gasteiger charge is 2.25.